The molecule has 4 rings (SSSR count). The molecule has 5 heteroatoms. The Kier molecular flexibility index (Phi) is 3.33. The van der Waals surface area contributed by atoms with Gasteiger partial charge in [-0.1, -0.05) is 0 Å². The van der Waals surface area contributed by atoms with Crippen molar-refractivity contribution in [1.29, 1.82) is 0 Å². The molecule has 0 unspecified atom stereocenters. The van der Waals surface area contributed by atoms with Crippen molar-refractivity contribution in [2.24, 2.45) is 5.41 Å². The molecule has 0 radical (unpaired) electrons. The number of aromatic carboxylic acids is 1. The topological polar surface area (TPSA) is 62.7 Å². The van der Waals surface area contributed by atoms with Crippen LogP contribution in [0.5, 0.6) is 0 Å². The second-order valence-electron chi connectivity index (χ2n) is 6.90. The Labute approximate surface area is 130 Å². The first-order valence-electron chi connectivity index (χ1n) is 8.26. The van der Waals surface area contributed by atoms with Gasteiger partial charge >= 0.3 is 5.97 Å². The molecular weight excluding hydrogens is 280 g/mol. The highest BCUT2D eigenvalue weighted by Crippen LogP contribution is 2.52. The number of rotatable bonds is 2. The Morgan fingerprint density at radius 2 is 2.09 bits per heavy atom. The molecule has 0 atom stereocenters. The fourth-order valence-electron chi connectivity index (χ4n) is 3.88. The molecule has 3 heterocycles. The van der Waals surface area contributed by atoms with Gasteiger partial charge in [-0.15, -0.1) is 0 Å². The fraction of sp³-hybridized carbons (Fsp3) is 0.647. The van der Waals surface area contributed by atoms with Gasteiger partial charge in [0.1, 0.15) is 5.82 Å². The number of nitrogens with zero attached hydrogens (tertiary/aromatic N) is 2. The zero-order valence-corrected chi connectivity index (χ0v) is 12.8. The minimum atomic E-state index is -0.847. The summed E-state index contributed by atoms with van der Waals surface area (Å²) in [5, 5.41) is 9.58. The number of hydrogen-bond acceptors (Lipinski definition) is 4. The summed E-state index contributed by atoms with van der Waals surface area (Å²) in [5.41, 5.74) is 2.70. The monoisotopic (exact) mass is 302 g/mol. The van der Waals surface area contributed by atoms with Crippen molar-refractivity contribution in [3.8, 4) is 0 Å². The lowest BCUT2D eigenvalue weighted by Gasteiger charge is -2.34. The second-order valence-corrected chi connectivity index (χ2v) is 6.90. The molecule has 2 aliphatic heterocycles. The molecule has 1 aliphatic carbocycles. The normalized spacial score (nSPS) is 23.0. The Balaban J connectivity index is 1.71. The van der Waals surface area contributed by atoms with Gasteiger partial charge in [-0.2, -0.15) is 0 Å². The quantitative estimate of drug-likeness (QED) is 0.908. The van der Waals surface area contributed by atoms with E-state index in [-0.39, 0.29) is 0 Å². The number of anilines is 1. The molecule has 1 saturated heterocycles. The van der Waals surface area contributed by atoms with E-state index < -0.39 is 5.97 Å². The van der Waals surface area contributed by atoms with Crippen LogP contribution >= 0.6 is 0 Å². The summed E-state index contributed by atoms with van der Waals surface area (Å²) in [6, 6.07) is 1.79. The summed E-state index contributed by atoms with van der Waals surface area (Å²) in [6.45, 7) is 3.24. The third-order valence-electron chi connectivity index (χ3n) is 5.35. The zero-order valence-electron chi connectivity index (χ0n) is 12.8. The molecule has 2 fully saturated rings. The highest BCUT2D eigenvalue weighted by atomic mass is 16.5. The summed E-state index contributed by atoms with van der Waals surface area (Å²) in [4.78, 5) is 18.8. The number of carboxylic acids is 1. The van der Waals surface area contributed by atoms with Crippen LogP contribution in [0.4, 0.5) is 5.82 Å². The summed E-state index contributed by atoms with van der Waals surface area (Å²) in [6.07, 6.45) is 6.48. The zero-order chi connectivity index (χ0) is 15.2. The van der Waals surface area contributed by atoms with E-state index in [9.17, 15) is 9.90 Å². The van der Waals surface area contributed by atoms with E-state index in [4.69, 9.17) is 9.72 Å². The standard InChI is InChI=1S/C17H22N2O3/c20-16(21)13-10-15(18-14-3-9-22-8-2-12(13)14)19-7-1-4-17(11-19)5-6-17/h10H,1-9,11H2,(H,20,21). The van der Waals surface area contributed by atoms with E-state index in [1.54, 1.807) is 6.07 Å². The van der Waals surface area contributed by atoms with E-state index in [1.165, 1.54) is 25.7 Å². The van der Waals surface area contributed by atoms with Gasteiger partial charge in [-0.25, -0.2) is 9.78 Å². The number of fused-ring (bicyclic) bond motifs is 1. The summed E-state index contributed by atoms with van der Waals surface area (Å²) in [5.74, 6) is 0.00368. The number of pyridine rings is 1. The fourth-order valence-corrected chi connectivity index (χ4v) is 3.88. The average molecular weight is 302 g/mol. The number of piperidine rings is 1. The first kappa shape index (κ1) is 14.0. The van der Waals surface area contributed by atoms with Crippen molar-refractivity contribution in [2.45, 2.75) is 38.5 Å². The second kappa shape index (κ2) is 5.23. The first-order valence-corrected chi connectivity index (χ1v) is 8.26. The predicted molar refractivity (Wildman–Crippen MR) is 82.5 cm³/mol. The Morgan fingerprint density at radius 1 is 1.27 bits per heavy atom. The predicted octanol–water partition coefficient (Wildman–Crippen LogP) is 2.28. The van der Waals surface area contributed by atoms with Gasteiger partial charge in [0.2, 0.25) is 0 Å². The van der Waals surface area contributed by atoms with Crippen molar-refractivity contribution < 1.29 is 14.6 Å². The maximum absolute atomic E-state index is 11.7. The van der Waals surface area contributed by atoms with Crippen molar-refractivity contribution in [1.82, 2.24) is 4.98 Å². The van der Waals surface area contributed by atoms with Gasteiger partial charge in [0.15, 0.2) is 0 Å². The number of ether oxygens (including phenoxy) is 1. The van der Waals surface area contributed by atoms with Crippen LogP contribution in [-0.4, -0.2) is 42.4 Å². The van der Waals surface area contributed by atoms with E-state index in [0.29, 0.717) is 37.0 Å². The van der Waals surface area contributed by atoms with Gasteiger partial charge in [0.05, 0.1) is 18.8 Å². The van der Waals surface area contributed by atoms with Crippen LogP contribution in [0.15, 0.2) is 6.07 Å². The van der Waals surface area contributed by atoms with Crippen LogP contribution in [-0.2, 0) is 17.6 Å². The molecule has 22 heavy (non-hydrogen) atoms. The third kappa shape index (κ3) is 2.47. The Hall–Kier alpha value is -1.62. The minimum absolute atomic E-state index is 0.418. The van der Waals surface area contributed by atoms with Gasteiger partial charge < -0.3 is 14.7 Å². The van der Waals surface area contributed by atoms with Crippen LogP contribution in [0.25, 0.3) is 0 Å². The van der Waals surface area contributed by atoms with E-state index in [0.717, 1.165) is 30.2 Å². The Morgan fingerprint density at radius 3 is 2.86 bits per heavy atom. The van der Waals surface area contributed by atoms with Crippen molar-refractivity contribution >= 4 is 11.8 Å². The number of carboxylic acid groups (broad SMARTS) is 1. The SMILES string of the molecule is O=C(O)c1cc(N2CCCC3(CC3)C2)nc2c1CCOCC2. The molecule has 0 bridgehead atoms. The molecule has 0 aromatic carbocycles. The summed E-state index contributed by atoms with van der Waals surface area (Å²) < 4.78 is 5.49. The molecule has 1 aromatic rings. The van der Waals surface area contributed by atoms with Gasteiger partial charge in [-0.05, 0) is 49.1 Å². The third-order valence-corrected chi connectivity index (χ3v) is 5.35. The van der Waals surface area contributed by atoms with Crippen LogP contribution < -0.4 is 4.90 Å². The van der Waals surface area contributed by atoms with Crippen LogP contribution in [0.2, 0.25) is 0 Å². The lowest BCUT2D eigenvalue weighted by atomic mass is 9.94. The van der Waals surface area contributed by atoms with Crippen LogP contribution in [0.1, 0.15) is 47.3 Å². The largest absolute Gasteiger partial charge is 0.478 e. The maximum Gasteiger partial charge on any atom is 0.336 e. The summed E-state index contributed by atoms with van der Waals surface area (Å²) in [7, 11) is 0. The lowest BCUT2D eigenvalue weighted by molar-refractivity contribution is 0.0695. The first-order chi connectivity index (χ1) is 10.7. The molecule has 5 nitrogen and oxygen atoms in total. The smallest absolute Gasteiger partial charge is 0.336 e. The molecule has 3 aliphatic rings. The van der Waals surface area contributed by atoms with Gasteiger partial charge in [0.25, 0.3) is 0 Å². The molecule has 1 saturated carbocycles. The van der Waals surface area contributed by atoms with E-state index in [2.05, 4.69) is 4.90 Å². The molecule has 0 amide bonds. The van der Waals surface area contributed by atoms with Crippen LogP contribution in [0.3, 0.4) is 0 Å². The van der Waals surface area contributed by atoms with Crippen LogP contribution in [0, 0.1) is 5.41 Å². The maximum atomic E-state index is 11.7. The van der Waals surface area contributed by atoms with Crippen molar-refractivity contribution in [2.75, 3.05) is 31.2 Å². The average Bonchev–Trinajstić information content (AvgIpc) is 3.29. The minimum Gasteiger partial charge on any atom is -0.478 e. The summed E-state index contributed by atoms with van der Waals surface area (Å²) >= 11 is 0. The molecule has 1 N–H and O–H groups in total. The molecule has 1 aromatic heterocycles. The van der Waals surface area contributed by atoms with Gasteiger partial charge in [0, 0.05) is 25.2 Å². The number of hydrogen-bond donors (Lipinski definition) is 1. The Bertz CT molecular complexity index is 610. The van der Waals surface area contributed by atoms with Gasteiger partial charge in [-0.3, -0.25) is 0 Å². The molecule has 1 spiro atoms. The van der Waals surface area contributed by atoms with E-state index >= 15 is 0 Å². The molecule has 118 valence electrons. The highest BCUT2D eigenvalue weighted by Gasteiger charge is 2.45. The lowest BCUT2D eigenvalue weighted by Crippen LogP contribution is -2.37. The number of carbonyl (C=O) groups is 1. The van der Waals surface area contributed by atoms with E-state index in [1.807, 2.05) is 0 Å². The van der Waals surface area contributed by atoms with Crippen molar-refractivity contribution in [3.05, 3.63) is 22.9 Å². The number of aromatic nitrogens is 1. The van der Waals surface area contributed by atoms with Crippen molar-refractivity contribution in [3.63, 3.8) is 0 Å². The molecular formula is C17H22N2O3. The highest BCUT2D eigenvalue weighted by molar-refractivity contribution is 5.90.